The Bertz CT molecular complexity index is 916. The Kier molecular flexibility index (Phi) is 4.79. The highest BCUT2D eigenvalue weighted by molar-refractivity contribution is 7.17. The fourth-order valence-corrected chi connectivity index (χ4v) is 4.08. The second kappa shape index (κ2) is 7.37. The van der Waals surface area contributed by atoms with E-state index in [-0.39, 0.29) is 11.7 Å². The molecule has 0 aliphatic carbocycles. The normalized spacial score (nSPS) is 13.9. The van der Waals surface area contributed by atoms with Gasteiger partial charge in [0.2, 0.25) is 0 Å². The number of rotatable bonds is 4. The molecular weight excluding hydrogens is 351 g/mol. The third-order valence-corrected chi connectivity index (χ3v) is 5.68. The highest BCUT2D eigenvalue weighted by atomic mass is 32.1. The molecule has 0 fully saturated rings. The van der Waals surface area contributed by atoms with Crippen molar-refractivity contribution in [3.8, 4) is 10.4 Å². The smallest absolute Gasteiger partial charge is 0.261 e. The van der Waals surface area contributed by atoms with Crippen LogP contribution in [-0.4, -0.2) is 20.7 Å². The molecule has 5 nitrogen and oxygen atoms in total. The number of aryl methyl sites for hydroxylation is 1. The summed E-state index contributed by atoms with van der Waals surface area (Å²) in [6, 6.07) is 9.96. The standard InChI is InChI=1S/C19H19FN4OS/c20-14-7-5-13(6-8-14)15-9-10-16(26-15)19(25)21-12-18-23-22-17-4-2-1-3-11-24(17)18/h5-10H,1-4,11-12H2,(H,21,25). The average Bonchev–Trinajstić information content (AvgIpc) is 3.22. The lowest BCUT2D eigenvalue weighted by Crippen LogP contribution is -2.24. The van der Waals surface area contributed by atoms with Crippen LogP contribution in [0.25, 0.3) is 10.4 Å². The van der Waals surface area contributed by atoms with Gasteiger partial charge in [0.05, 0.1) is 11.4 Å². The van der Waals surface area contributed by atoms with Crippen molar-refractivity contribution in [3.05, 3.63) is 58.7 Å². The van der Waals surface area contributed by atoms with E-state index in [9.17, 15) is 9.18 Å². The molecule has 0 spiro atoms. The van der Waals surface area contributed by atoms with Crippen molar-refractivity contribution in [3.63, 3.8) is 0 Å². The van der Waals surface area contributed by atoms with Gasteiger partial charge in [-0.25, -0.2) is 4.39 Å². The zero-order valence-corrected chi connectivity index (χ0v) is 15.1. The molecule has 1 aliphatic rings. The van der Waals surface area contributed by atoms with Gasteiger partial charge < -0.3 is 9.88 Å². The van der Waals surface area contributed by atoms with Crippen molar-refractivity contribution in [2.45, 2.75) is 38.8 Å². The third-order valence-electron chi connectivity index (χ3n) is 4.55. The summed E-state index contributed by atoms with van der Waals surface area (Å²) in [6.07, 6.45) is 4.42. The molecule has 1 N–H and O–H groups in total. The summed E-state index contributed by atoms with van der Waals surface area (Å²) in [5.74, 6) is 1.43. The lowest BCUT2D eigenvalue weighted by atomic mass is 10.2. The maximum Gasteiger partial charge on any atom is 0.261 e. The molecular formula is C19H19FN4OS. The first kappa shape index (κ1) is 16.9. The number of aromatic nitrogens is 3. The molecule has 0 radical (unpaired) electrons. The summed E-state index contributed by atoms with van der Waals surface area (Å²) in [5, 5.41) is 11.4. The van der Waals surface area contributed by atoms with Gasteiger partial charge >= 0.3 is 0 Å². The molecule has 1 aliphatic heterocycles. The second-order valence-corrected chi connectivity index (χ2v) is 7.43. The van der Waals surface area contributed by atoms with Crippen molar-refractivity contribution in [1.29, 1.82) is 0 Å². The van der Waals surface area contributed by atoms with Crippen molar-refractivity contribution >= 4 is 17.2 Å². The lowest BCUT2D eigenvalue weighted by Gasteiger charge is -2.07. The van der Waals surface area contributed by atoms with Crippen molar-refractivity contribution in [2.75, 3.05) is 0 Å². The van der Waals surface area contributed by atoms with Gasteiger partial charge in [-0.05, 0) is 42.7 Å². The van der Waals surface area contributed by atoms with E-state index in [1.807, 2.05) is 6.07 Å². The van der Waals surface area contributed by atoms with Gasteiger partial charge in [-0.2, -0.15) is 0 Å². The van der Waals surface area contributed by atoms with Crippen molar-refractivity contribution in [2.24, 2.45) is 0 Å². The minimum absolute atomic E-state index is 0.130. The quantitative estimate of drug-likeness (QED) is 0.760. The predicted octanol–water partition coefficient (Wildman–Crippen LogP) is 3.80. The predicted molar refractivity (Wildman–Crippen MR) is 98.5 cm³/mol. The van der Waals surface area contributed by atoms with Crippen molar-refractivity contribution in [1.82, 2.24) is 20.1 Å². The number of nitrogens with one attached hydrogen (secondary N) is 1. The summed E-state index contributed by atoms with van der Waals surface area (Å²) < 4.78 is 15.2. The number of hydrogen-bond donors (Lipinski definition) is 1. The first-order valence-electron chi connectivity index (χ1n) is 8.75. The number of fused-ring (bicyclic) bond motifs is 1. The zero-order chi connectivity index (χ0) is 17.9. The highest BCUT2D eigenvalue weighted by Crippen LogP contribution is 2.28. The number of carbonyl (C=O) groups is 1. The number of benzene rings is 1. The Morgan fingerprint density at radius 1 is 1.12 bits per heavy atom. The molecule has 0 atom stereocenters. The monoisotopic (exact) mass is 370 g/mol. The van der Waals surface area contributed by atoms with Crippen LogP contribution in [0.15, 0.2) is 36.4 Å². The molecule has 2 aromatic heterocycles. The Morgan fingerprint density at radius 3 is 2.81 bits per heavy atom. The Hall–Kier alpha value is -2.54. The first-order valence-corrected chi connectivity index (χ1v) is 9.57. The Morgan fingerprint density at radius 2 is 1.96 bits per heavy atom. The number of carbonyl (C=O) groups excluding carboxylic acids is 1. The van der Waals surface area contributed by atoms with Crippen LogP contribution in [0.2, 0.25) is 0 Å². The van der Waals surface area contributed by atoms with E-state index >= 15 is 0 Å². The van der Waals surface area contributed by atoms with E-state index in [2.05, 4.69) is 20.1 Å². The maximum atomic E-state index is 13.0. The molecule has 1 aromatic carbocycles. The summed E-state index contributed by atoms with van der Waals surface area (Å²) >= 11 is 1.39. The van der Waals surface area contributed by atoms with Gasteiger partial charge in [0.25, 0.3) is 5.91 Å². The van der Waals surface area contributed by atoms with Gasteiger partial charge in [-0.1, -0.05) is 18.6 Å². The number of nitrogens with zero attached hydrogens (tertiary/aromatic N) is 3. The van der Waals surface area contributed by atoms with Gasteiger partial charge in [0, 0.05) is 17.8 Å². The molecule has 1 amide bonds. The molecule has 3 heterocycles. The summed E-state index contributed by atoms with van der Waals surface area (Å²) in [4.78, 5) is 14.0. The molecule has 0 bridgehead atoms. The fourth-order valence-electron chi connectivity index (χ4n) is 3.15. The zero-order valence-electron chi connectivity index (χ0n) is 14.2. The van der Waals surface area contributed by atoms with E-state index in [1.165, 1.54) is 29.9 Å². The van der Waals surface area contributed by atoms with Crippen molar-refractivity contribution < 1.29 is 9.18 Å². The molecule has 0 saturated carbocycles. The van der Waals surface area contributed by atoms with E-state index in [4.69, 9.17) is 0 Å². The maximum absolute atomic E-state index is 13.0. The van der Waals surface area contributed by atoms with E-state index < -0.39 is 0 Å². The van der Waals surface area contributed by atoms with E-state index in [0.717, 1.165) is 47.9 Å². The molecule has 26 heavy (non-hydrogen) atoms. The van der Waals surface area contributed by atoms with Crippen LogP contribution in [0.5, 0.6) is 0 Å². The summed E-state index contributed by atoms with van der Waals surface area (Å²) in [6.45, 7) is 1.29. The molecule has 4 rings (SSSR count). The Labute approximate surface area is 154 Å². The van der Waals surface area contributed by atoms with Gasteiger partial charge in [0.15, 0.2) is 5.82 Å². The summed E-state index contributed by atoms with van der Waals surface area (Å²) in [7, 11) is 0. The van der Waals surface area contributed by atoms with Crippen LogP contribution in [0, 0.1) is 5.82 Å². The fraction of sp³-hybridized carbons (Fsp3) is 0.316. The third kappa shape index (κ3) is 3.53. The molecule has 0 saturated heterocycles. The number of hydrogen-bond acceptors (Lipinski definition) is 4. The lowest BCUT2D eigenvalue weighted by molar-refractivity contribution is 0.0953. The molecule has 0 unspecified atom stereocenters. The van der Waals surface area contributed by atoms with Crippen LogP contribution < -0.4 is 5.32 Å². The van der Waals surface area contributed by atoms with E-state index in [1.54, 1.807) is 18.2 Å². The van der Waals surface area contributed by atoms with Gasteiger partial charge in [0.1, 0.15) is 11.6 Å². The number of amides is 1. The number of halogens is 1. The first-order chi connectivity index (χ1) is 12.7. The second-order valence-electron chi connectivity index (χ2n) is 6.35. The molecule has 134 valence electrons. The Balaban J connectivity index is 1.43. The highest BCUT2D eigenvalue weighted by Gasteiger charge is 2.16. The van der Waals surface area contributed by atoms with Crippen LogP contribution >= 0.6 is 11.3 Å². The minimum Gasteiger partial charge on any atom is -0.344 e. The molecule has 3 aromatic rings. The van der Waals surface area contributed by atoms with Crippen LogP contribution in [0.1, 0.15) is 40.6 Å². The van der Waals surface area contributed by atoms with Gasteiger partial charge in [-0.15, -0.1) is 21.5 Å². The minimum atomic E-state index is -0.268. The largest absolute Gasteiger partial charge is 0.344 e. The SMILES string of the molecule is O=C(NCc1nnc2n1CCCCC2)c1ccc(-c2ccc(F)cc2)s1. The van der Waals surface area contributed by atoms with Crippen LogP contribution in [-0.2, 0) is 19.5 Å². The van der Waals surface area contributed by atoms with Crippen LogP contribution in [0.3, 0.4) is 0 Å². The van der Waals surface area contributed by atoms with Gasteiger partial charge in [-0.3, -0.25) is 4.79 Å². The summed E-state index contributed by atoms with van der Waals surface area (Å²) in [5.41, 5.74) is 0.901. The molecule has 7 heteroatoms. The number of thiophene rings is 1. The topological polar surface area (TPSA) is 59.8 Å². The van der Waals surface area contributed by atoms with Crippen LogP contribution in [0.4, 0.5) is 4.39 Å². The average molecular weight is 370 g/mol. The van der Waals surface area contributed by atoms with E-state index in [0.29, 0.717) is 11.4 Å².